The molecule has 0 aromatic carbocycles. The quantitative estimate of drug-likeness (QED) is 0.742. The lowest BCUT2D eigenvalue weighted by Gasteiger charge is -2.06. The predicted molar refractivity (Wildman–Crippen MR) is 78.1 cm³/mol. The largest absolute Gasteiger partial charge is 0.337 e. The monoisotopic (exact) mass is 297 g/mol. The maximum atomic E-state index is 11.6. The van der Waals surface area contributed by atoms with Gasteiger partial charge in [0.1, 0.15) is 5.82 Å². The molecule has 0 aliphatic rings. The van der Waals surface area contributed by atoms with Crippen LogP contribution in [0.3, 0.4) is 0 Å². The molecule has 3 N–H and O–H groups in total. The number of nitrogens with one attached hydrogen (secondary N) is 3. The molecule has 0 saturated heterocycles. The Morgan fingerprint density at radius 2 is 2.47 bits per heavy atom. The Morgan fingerprint density at radius 1 is 1.63 bits per heavy atom. The zero-order valence-corrected chi connectivity index (χ0v) is 12.1. The number of hydrogen-bond acceptors (Lipinski definition) is 4. The van der Waals surface area contributed by atoms with Gasteiger partial charge in [0.05, 0.1) is 5.00 Å². The topological polar surface area (TPSA) is 74.7 Å². The average molecular weight is 297 g/mol. The van der Waals surface area contributed by atoms with Crippen LogP contribution in [0.4, 0.5) is 9.80 Å². The molecule has 2 heterocycles. The second-order valence-electron chi connectivity index (χ2n) is 3.80. The first-order valence-corrected chi connectivity index (χ1v) is 7.22. The molecule has 0 atom stereocenters. The minimum Gasteiger partial charge on any atom is -0.337 e. The van der Waals surface area contributed by atoms with Crippen LogP contribution >= 0.6 is 23.6 Å². The maximum Gasteiger partial charge on any atom is 0.319 e. The maximum absolute atomic E-state index is 11.6. The van der Waals surface area contributed by atoms with E-state index in [0.29, 0.717) is 17.7 Å². The standard InChI is InChI=1S/C11H15N5OS2/c1-2-16-8(14-15-11(16)18)5-6-12-10(17)13-9-4-3-7-19-9/h3-4,7H,2,5-6H2,1H3,(H,15,18)(H2,12,13,17). The summed E-state index contributed by atoms with van der Waals surface area (Å²) in [7, 11) is 0. The Morgan fingerprint density at radius 3 is 3.16 bits per heavy atom. The molecule has 0 radical (unpaired) electrons. The molecule has 0 spiro atoms. The van der Waals surface area contributed by atoms with Crippen LogP contribution in [0.5, 0.6) is 0 Å². The minimum absolute atomic E-state index is 0.209. The molecule has 8 heteroatoms. The minimum atomic E-state index is -0.209. The molecule has 0 aliphatic carbocycles. The molecule has 0 saturated carbocycles. The van der Waals surface area contributed by atoms with E-state index in [2.05, 4.69) is 20.8 Å². The van der Waals surface area contributed by atoms with E-state index in [-0.39, 0.29) is 6.03 Å². The van der Waals surface area contributed by atoms with Crippen molar-refractivity contribution in [1.82, 2.24) is 20.1 Å². The van der Waals surface area contributed by atoms with Crippen LogP contribution in [0.25, 0.3) is 0 Å². The zero-order chi connectivity index (χ0) is 13.7. The van der Waals surface area contributed by atoms with E-state index >= 15 is 0 Å². The van der Waals surface area contributed by atoms with E-state index in [0.717, 1.165) is 17.4 Å². The highest BCUT2D eigenvalue weighted by molar-refractivity contribution is 7.71. The number of urea groups is 1. The van der Waals surface area contributed by atoms with Crippen LogP contribution in [-0.4, -0.2) is 27.3 Å². The summed E-state index contributed by atoms with van der Waals surface area (Å²) in [6.45, 7) is 3.29. The first-order valence-electron chi connectivity index (χ1n) is 5.93. The highest BCUT2D eigenvalue weighted by Gasteiger charge is 2.06. The zero-order valence-electron chi connectivity index (χ0n) is 10.5. The van der Waals surface area contributed by atoms with Gasteiger partial charge in [0, 0.05) is 19.5 Å². The summed E-state index contributed by atoms with van der Waals surface area (Å²) in [5, 5.41) is 15.2. The normalized spacial score (nSPS) is 10.4. The Labute approximate surface area is 119 Å². The van der Waals surface area contributed by atoms with E-state index in [1.54, 1.807) is 0 Å². The Hall–Kier alpha value is -1.67. The third-order valence-electron chi connectivity index (χ3n) is 2.55. The van der Waals surface area contributed by atoms with E-state index in [9.17, 15) is 4.79 Å². The fraction of sp³-hybridized carbons (Fsp3) is 0.364. The highest BCUT2D eigenvalue weighted by atomic mass is 32.1. The number of rotatable bonds is 5. The summed E-state index contributed by atoms with van der Waals surface area (Å²) >= 11 is 6.58. The van der Waals surface area contributed by atoms with Gasteiger partial charge in [0.2, 0.25) is 0 Å². The van der Waals surface area contributed by atoms with Crippen molar-refractivity contribution < 1.29 is 4.79 Å². The first-order chi connectivity index (χ1) is 9.20. The van der Waals surface area contributed by atoms with Crippen LogP contribution in [-0.2, 0) is 13.0 Å². The molecule has 102 valence electrons. The number of aromatic nitrogens is 3. The molecular formula is C11H15N5OS2. The third-order valence-corrected chi connectivity index (χ3v) is 3.64. The van der Waals surface area contributed by atoms with Gasteiger partial charge in [-0.05, 0) is 36.7 Å². The lowest BCUT2D eigenvalue weighted by molar-refractivity contribution is 0.252. The van der Waals surface area contributed by atoms with Crippen molar-refractivity contribution in [2.24, 2.45) is 0 Å². The fourth-order valence-electron chi connectivity index (χ4n) is 1.66. The first kappa shape index (κ1) is 13.8. The summed E-state index contributed by atoms with van der Waals surface area (Å²) < 4.78 is 2.52. The van der Waals surface area contributed by atoms with Gasteiger partial charge in [0.25, 0.3) is 0 Å². The number of amides is 2. The lowest BCUT2D eigenvalue weighted by Crippen LogP contribution is -2.30. The fourth-order valence-corrected chi connectivity index (χ4v) is 2.55. The molecular weight excluding hydrogens is 282 g/mol. The molecule has 0 unspecified atom stereocenters. The Balaban J connectivity index is 1.80. The van der Waals surface area contributed by atoms with Crippen LogP contribution in [0.2, 0.25) is 0 Å². The smallest absolute Gasteiger partial charge is 0.319 e. The summed E-state index contributed by atoms with van der Waals surface area (Å²) in [5.74, 6) is 0.851. The van der Waals surface area contributed by atoms with E-state index < -0.39 is 0 Å². The van der Waals surface area contributed by atoms with Gasteiger partial charge in [-0.1, -0.05) is 0 Å². The molecule has 0 bridgehead atoms. The SMILES string of the molecule is CCn1c(CCNC(=O)Nc2cccs2)n[nH]c1=S. The molecule has 2 aromatic heterocycles. The number of H-pyrrole nitrogens is 1. The molecule has 0 fully saturated rings. The third kappa shape index (κ3) is 3.65. The van der Waals surface area contributed by atoms with Gasteiger partial charge in [-0.3, -0.25) is 10.4 Å². The second kappa shape index (κ2) is 6.48. The van der Waals surface area contributed by atoms with Crippen molar-refractivity contribution in [3.8, 4) is 0 Å². The number of carbonyl (C=O) groups excluding carboxylic acids is 1. The van der Waals surface area contributed by atoms with Gasteiger partial charge in [0.15, 0.2) is 4.77 Å². The van der Waals surface area contributed by atoms with Crippen LogP contribution in [0, 0.1) is 4.77 Å². The van der Waals surface area contributed by atoms with E-state index in [1.807, 2.05) is 29.0 Å². The van der Waals surface area contributed by atoms with Gasteiger partial charge in [-0.15, -0.1) is 11.3 Å². The second-order valence-corrected chi connectivity index (χ2v) is 5.13. The number of hydrogen-bond donors (Lipinski definition) is 3. The average Bonchev–Trinajstić information content (AvgIpc) is 2.99. The molecule has 2 rings (SSSR count). The van der Waals surface area contributed by atoms with Crippen molar-refractivity contribution in [2.75, 3.05) is 11.9 Å². The van der Waals surface area contributed by atoms with Gasteiger partial charge in [-0.2, -0.15) is 5.10 Å². The summed E-state index contributed by atoms with van der Waals surface area (Å²) in [6, 6.07) is 3.53. The Kier molecular flexibility index (Phi) is 4.69. The number of anilines is 1. The molecule has 6 nitrogen and oxygen atoms in total. The van der Waals surface area contributed by atoms with Crippen LogP contribution in [0.1, 0.15) is 12.7 Å². The van der Waals surface area contributed by atoms with Crippen molar-refractivity contribution in [1.29, 1.82) is 0 Å². The highest BCUT2D eigenvalue weighted by Crippen LogP contribution is 2.14. The molecule has 19 heavy (non-hydrogen) atoms. The summed E-state index contributed by atoms with van der Waals surface area (Å²) in [6.07, 6.45) is 0.638. The number of thiophene rings is 1. The summed E-state index contributed by atoms with van der Waals surface area (Å²) in [4.78, 5) is 11.6. The van der Waals surface area contributed by atoms with Crippen molar-refractivity contribution in [3.05, 3.63) is 28.1 Å². The summed E-state index contributed by atoms with van der Waals surface area (Å²) in [5.41, 5.74) is 0. The lowest BCUT2D eigenvalue weighted by atomic mass is 10.4. The van der Waals surface area contributed by atoms with Crippen molar-refractivity contribution in [2.45, 2.75) is 19.9 Å². The van der Waals surface area contributed by atoms with Crippen LogP contribution < -0.4 is 10.6 Å². The number of nitrogens with zero attached hydrogens (tertiary/aromatic N) is 2. The Bertz CT molecular complexity index is 587. The molecule has 2 aromatic rings. The molecule has 2 amide bonds. The van der Waals surface area contributed by atoms with Gasteiger partial charge < -0.3 is 9.88 Å². The van der Waals surface area contributed by atoms with Gasteiger partial charge in [-0.25, -0.2) is 4.79 Å². The van der Waals surface area contributed by atoms with Crippen LogP contribution in [0.15, 0.2) is 17.5 Å². The number of aromatic amines is 1. The van der Waals surface area contributed by atoms with E-state index in [4.69, 9.17) is 12.2 Å². The predicted octanol–water partition coefficient (Wildman–Crippen LogP) is 2.39. The molecule has 0 aliphatic heterocycles. The van der Waals surface area contributed by atoms with E-state index in [1.165, 1.54) is 11.3 Å². The van der Waals surface area contributed by atoms with Crippen molar-refractivity contribution >= 4 is 34.6 Å². The van der Waals surface area contributed by atoms with Crippen molar-refractivity contribution in [3.63, 3.8) is 0 Å². The van der Waals surface area contributed by atoms with Gasteiger partial charge >= 0.3 is 6.03 Å². The number of carbonyl (C=O) groups is 1.